The van der Waals surface area contributed by atoms with Gasteiger partial charge in [-0.2, -0.15) is 4.98 Å². The summed E-state index contributed by atoms with van der Waals surface area (Å²) >= 11 is 0. The molecule has 2 N–H and O–H groups in total. The zero-order valence-corrected chi connectivity index (χ0v) is 12.5. The Labute approximate surface area is 125 Å². The summed E-state index contributed by atoms with van der Waals surface area (Å²) < 4.78 is 10.3. The minimum Gasteiger partial charge on any atom is -0.480 e. The molecular weight excluding hydrogens is 266 g/mol. The van der Waals surface area contributed by atoms with Gasteiger partial charge in [0.25, 0.3) is 0 Å². The highest BCUT2D eigenvalue weighted by atomic mass is 16.5. The van der Waals surface area contributed by atoms with Gasteiger partial charge in [0.05, 0.1) is 26.5 Å². The van der Waals surface area contributed by atoms with Crippen molar-refractivity contribution in [2.75, 3.05) is 14.2 Å². The van der Waals surface area contributed by atoms with Gasteiger partial charge in [0.2, 0.25) is 11.8 Å². The van der Waals surface area contributed by atoms with E-state index in [1.54, 1.807) is 20.4 Å². The first kappa shape index (κ1) is 15.3. The lowest BCUT2D eigenvalue weighted by Gasteiger charge is -2.14. The highest BCUT2D eigenvalue weighted by molar-refractivity contribution is 5.25. The van der Waals surface area contributed by atoms with Crippen molar-refractivity contribution in [2.45, 2.75) is 25.3 Å². The zero-order chi connectivity index (χ0) is 15.1. The molecule has 0 saturated carbocycles. The van der Waals surface area contributed by atoms with Gasteiger partial charge in [0.15, 0.2) is 0 Å². The fourth-order valence-electron chi connectivity index (χ4n) is 2.18. The molecule has 21 heavy (non-hydrogen) atoms. The lowest BCUT2D eigenvalue weighted by Crippen LogP contribution is -2.14. The number of aryl methyl sites for hydroxylation is 1. The van der Waals surface area contributed by atoms with Crippen molar-refractivity contribution in [3.63, 3.8) is 0 Å². The Bertz CT molecular complexity index is 561. The molecule has 0 aliphatic rings. The second-order valence-corrected chi connectivity index (χ2v) is 4.79. The molecule has 5 heteroatoms. The molecule has 0 saturated heterocycles. The van der Waals surface area contributed by atoms with Crippen LogP contribution in [0.5, 0.6) is 11.8 Å². The molecule has 5 nitrogen and oxygen atoms in total. The third kappa shape index (κ3) is 4.16. The average molecular weight is 287 g/mol. The third-order valence-corrected chi connectivity index (χ3v) is 3.32. The van der Waals surface area contributed by atoms with Crippen LogP contribution in [0.4, 0.5) is 0 Å². The van der Waals surface area contributed by atoms with E-state index in [1.807, 2.05) is 18.2 Å². The van der Waals surface area contributed by atoms with Gasteiger partial charge in [-0.15, -0.1) is 0 Å². The van der Waals surface area contributed by atoms with Gasteiger partial charge < -0.3 is 15.2 Å². The van der Waals surface area contributed by atoms with Crippen molar-refractivity contribution in [3.8, 4) is 11.8 Å². The molecule has 2 rings (SSSR count). The predicted molar refractivity (Wildman–Crippen MR) is 81.4 cm³/mol. The maximum absolute atomic E-state index is 6.20. The lowest BCUT2D eigenvalue weighted by atomic mass is 10.0. The fraction of sp³-hybridized carbons (Fsp3) is 0.375. The minimum absolute atomic E-state index is 0.193. The minimum atomic E-state index is -0.193. The van der Waals surface area contributed by atoms with E-state index < -0.39 is 0 Å². The monoisotopic (exact) mass is 287 g/mol. The number of hydrogen-bond donors (Lipinski definition) is 1. The van der Waals surface area contributed by atoms with E-state index >= 15 is 0 Å². The Morgan fingerprint density at radius 2 is 1.90 bits per heavy atom. The SMILES string of the molecule is COc1cnc(C(N)CCCc2ccccc2)c(OC)n1. The Hall–Kier alpha value is -2.14. The molecule has 0 amide bonds. The predicted octanol–water partition coefficient (Wildman–Crippen LogP) is 2.52. The number of nitrogens with two attached hydrogens (primary N) is 1. The zero-order valence-electron chi connectivity index (χ0n) is 12.5. The summed E-state index contributed by atoms with van der Waals surface area (Å²) in [6.45, 7) is 0. The molecule has 1 aromatic carbocycles. The van der Waals surface area contributed by atoms with E-state index in [-0.39, 0.29) is 6.04 Å². The summed E-state index contributed by atoms with van der Waals surface area (Å²) in [5, 5.41) is 0. The van der Waals surface area contributed by atoms with Gasteiger partial charge in [0, 0.05) is 0 Å². The van der Waals surface area contributed by atoms with E-state index in [2.05, 4.69) is 22.1 Å². The van der Waals surface area contributed by atoms with Crippen molar-refractivity contribution >= 4 is 0 Å². The van der Waals surface area contributed by atoms with Crippen LogP contribution in [0.1, 0.15) is 30.1 Å². The van der Waals surface area contributed by atoms with Crippen LogP contribution in [0, 0.1) is 0 Å². The number of nitrogens with zero attached hydrogens (tertiary/aromatic N) is 2. The Morgan fingerprint density at radius 1 is 1.14 bits per heavy atom. The van der Waals surface area contributed by atoms with Crippen molar-refractivity contribution in [3.05, 3.63) is 47.8 Å². The summed E-state index contributed by atoms with van der Waals surface area (Å²) in [6.07, 6.45) is 4.38. The number of hydrogen-bond acceptors (Lipinski definition) is 5. The van der Waals surface area contributed by atoms with Crippen LogP contribution in [0.15, 0.2) is 36.5 Å². The van der Waals surface area contributed by atoms with Crippen molar-refractivity contribution in [2.24, 2.45) is 5.73 Å². The normalized spacial score (nSPS) is 12.0. The van der Waals surface area contributed by atoms with Crippen LogP contribution >= 0.6 is 0 Å². The Balaban J connectivity index is 1.95. The van der Waals surface area contributed by atoms with Gasteiger partial charge in [-0.05, 0) is 24.8 Å². The fourth-order valence-corrected chi connectivity index (χ4v) is 2.18. The highest BCUT2D eigenvalue weighted by Crippen LogP contribution is 2.24. The number of aromatic nitrogens is 2. The van der Waals surface area contributed by atoms with Crippen LogP contribution in [-0.4, -0.2) is 24.2 Å². The van der Waals surface area contributed by atoms with Crippen LogP contribution in [0.3, 0.4) is 0 Å². The van der Waals surface area contributed by atoms with Crippen molar-refractivity contribution < 1.29 is 9.47 Å². The molecular formula is C16H21N3O2. The van der Waals surface area contributed by atoms with E-state index in [1.165, 1.54) is 5.56 Å². The van der Waals surface area contributed by atoms with Gasteiger partial charge >= 0.3 is 0 Å². The van der Waals surface area contributed by atoms with Gasteiger partial charge in [-0.25, -0.2) is 4.98 Å². The summed E-state index contributed by atoms with van der Waals surface area (Å²) in [5.41, 5.74) is 8.19. The van der Waals surface area contributed by atoms with Crippen molar-refractivity contribution in [1.29, 1.82) is 0 Å². The van der Waals surface area contributed by atoms with Gasteiger partial charge in [-0.3, -0.25) is 0 Å². The highest BCUT2D eigenvalue weighted by Gasteiger charge is 2.16. The number of rotatable bonds is 7. The van der Waals surface area contributed by atoms with E-state index in [0.29, 0.717) is 17.5 Å². The Kier molecular flexibility index (Phi) is 5.51. The molecule has 0 fully saturated rings. The first-order valence-corrected chi connectivity index (χ1v) is 6.99. The smallest absolute Gasteiger partial charge is 0.240 e. The summed E-state index contributed by atoms with van der Waals surface area (Å²) in [7, 11) is 3.10. The number of methoxy groups -OCH3 is 2. The lowest BCUT2D eigenvalue weighted by molar-refractivity contribution is 0.352. The summed E-state index contributed by atoms with van der Waals surface area (Å²) in [4.78, 5) is 8.52. The third-order valence-electron chi connectivity index (χ3n) is 3.32. The van der Waals surface area contributed by atoms with E-state index in [4.69, 9.17) is 15.2 Å². The molecule has 1 aromatic heterocycles. The summed E-state index contributed by atoms with van der Waals surface area (Å²) in [5.74, 6) is 0.855. The second kappa shape index (κ2) is 7.59. The molecule has 2 aromatic rings. The van der Waals surface area contributed by atoms with Crippen LogP contribution in [-0.2, 0) is 6.42 Å². The van der Waals surface area contributed by atoms with Crippen LogP contribution in [0.2, 0.25) is 0 Å². The van der Waals surface area contributed by atoms with E-state index in [0.717, 1.165) is 19.3 Å². The summed E-state index contributed by atoms with van der Waals surface area (Å²) in [6, 6.07) is 10.2. The van der Waals surface area contributed by atoms with E-state index in [9.17, 15) is 0 Å². The molecule has 1 heterocycles. The standard InChI is InChI=1S/C16H21N3O2/c1-20-14-11-18-15(16(19-14)21-2)13(17)10-6-9-12-7-4-3-5-8-12/h3-5,7-8,11,13H,6,9-10,17H2,1-2H3. The molecule has 0 aliphatic carbocycles. The van der Waals surface area contributed by atoms with Crippen LogP contribution in [0.25, 0.3) is 0 Å². The Morgan fingerprint density at radius 3 is 2.57 bits per heavy atom. The quantitative estimate of drug-likeness (QED) is 0.847. The number of ether oxygens (including phenoxy) is 2. The molecule has 0 spiro atoms. The first-order valence-electron chi connectivity index (χ1n) is 6.99. The number of benzene rings is 1. The average Bonchev–Trinajstić information content (AvgIpc) is 2.55. The van der Waals surface area contributed by atoms with Crippen molar-refractivity contribution in [1.82, 2.24) is 9.97 Å². The van der Waals surface area contributed by atoms with Gasteiger partial charge in [-0.1, -0.05) is 30.3 Å². The first-order chi connectivity index (χ1) is 10.2. The van der Waals surface area contributed by atoms with Gasteiger partial charge in [0.1, 0.15) is 5.69 Å². The maximum Gasteiger partial charge on any atom is 0.240 e. The largest absolute Gasteiger partial charge is 0.480 e. The molecule has 0 aliphatic heterocycles. The molecule has 0 radical (unpaired) electrons. The second-order valence-electron chi connectivity index (χ2n) is 4.79. The maximum atomic E-state index is 6.20. The van der Waals surface area contributed by atoms with Crippen LogP contribution < -0.4 is 15.2 Å². The topological polar surface area (TPSA) is 70.3 Å². The molecule has 1 unspecified atom stereocenters. The molecule has 0 bridgehead atoms. The molecule has 1 atom stereocenters. The molecule has 112 valence electrons.